The van der Waals surface area contributed by atoms with Crippen molar-refractivity contribution in [1.29, 1.82) is 0 Å². The van der Waals surface area contributed by atoms with Crippen LogP contribution in [-0.2, 0) is 10.5 Å². The maximum absolute atomic E-state index is 11.1. The summed E-state index contributed by atoms with van der Waals surface area (Å²) in [6, 6.07) is 7.28. The maximum atomic E-state index is 11.1. The van der Waals surface area contributed by atoms with Gasteiger partial charge in [0.25, 0.3) is 0 Å². The maximum Gasteiger partial charge on any atom is 0.316 e. The number of aromatic nitrogens is 1. The molecule has 4 nitrogen and oxygen atoms in total. The summed E-state index contributed by atoms with van der Waals surface area (Å²) in [4.78, 5) is 15.3. The van der Waals surface area contributed by atoms with E-state index in [1.165, 1.54) is 11.8 Å². The molecule has 0 bridgehead atoms. The Bertz CT molecular complexity index is 610. The second kappa shape index (κ2) is 7.00. The first kappa shape index (κ1) is 15.9. The van der Waals surface area contributed by atoms with Crippen LogP contribution in [0.5, 0.6) is 0 Å². The molecule has 112 valence electrons. The van der Waals surface area contributed by atoms with Crippen LogP contribution < -0.4 is 0 Å². The average Bonchev–Trinajstić information content (AvgIpc) is 2.87. The fourth-order valence-corrected chi connectivity index (χ4v) is 2.94. The zero-order valence-corrected chi connectivity index (χ0v) is 13.3. The molecule has 0 amide bonds. The van der Waals surface area contributed by atoms with Crippen LogP contribution in [0.4, 0.5) is 0 Å². The number of halogens is 1. The zero-order valence-electron chi connectivity index (χ0n) is 11.7. The van der Waals surface area contributed by atoms with E-state index in [0.717, 1.165) is 5.56 Å². The quantitative estimate of drug-likeness (QED) is 0.856. The van der Waals surface area contributed by atoms with Crippen molar-refractivity contribution in [2.24, 2.45) is 5.92 Å². The van der Waals surface area contributed by atoms with Crippen molar-refractivity contribution < 1.29 is 14.3 Å². The van der Waals surface area contributed by atoms with Crippen molar-refractivity contribution in [2.75, 3.05) is 0 Å². The minimum absolute atomic E-state index is 0.0539. The van der Waals surface area contributed by atoms with Crippen molar-refractivity contribution in [2.45, 2.75) is 24.9 Å². The van der Waals surface area contributed by atoms with Gasteiger partial charge in [0.1, 0.15) is 5.25 Å². The van der Waals surface area contributed by atoms with Gasteiger partial charge in [-0.1, -0.05) is 25.4 Å². The summed E-state index contributed by atoms with van der Waals surface area (Å²) in [6.45, 7) is 3.78. The van der Waals surface area contributed by atoms with E-state index in [4.69, 9.17) is 21.1 Å². The SMILES string of the molecule is CC(C)C(SCc1ncc(-c2ccc(Cl)cc2)o1)C(=O)O. The molecule has 1 unspecified atom stereocenters. The van der Waals surface area contributed by atoms with Gasteiger partial charge in [0.2, 0.25) is 5.89 Å². The Morgan fingerprint density at radius 1 is 1.38 bits per heavy atom. The lowest BCUT2D eigenvalue weighted by atomic mass is 10.1. The molecule has 0 fully saturated rings. The van der Waals surface area contributed by atoms with Gasteiger partial charge in [-0.25, -0.2) is 4.98 Å². The van der Waals surface area contributed by atoms with Crippen LogP contribution in [-0.4, -0.2) is 21.3 Å². The molecule has 0 aliphatic heterocycles. The lowest BCUT2D eigenvalue weighted by Gasteiger charge is -2.14. The topological polar surface area (TPSA) is 63.3 Å². The minimum atomic E-state index is -0.806. The van der Waals surface area contributed by atoms with Crippen molar-refractivity contribution in [1.82, 2.24) is 4.98 Å². The van der Waals surface area contributed by atoms with E-state index in [9.17, 15) is 4.79 Å². The molecule has 21 heavy (non-hydrogen) atoms. The molecule has 1 aromatic heterocycles. The molecule has 1 N–H and O–H groups in total. The molecular weight excluding hydrogens is 310 g/mol. The van der Waals surface area contributed by atoms with Gasteiger partial charge in [-0.05, 0) is 30.2 Å². The Morgan fingerprint density at radius 3 is 2.62 bits per heavy atom. The lowest BCUT2D eigenvalue weighted by molar-refractivity contribution is -0.137. The molecule has 0 aliphatic rings. The van der Waals surface area contributed by atoms with Gasteiger partial charge < -0.3 is 9.52 Å². The zero-order chi connectivity index (χ0) is 15.4. The summed E-state index contributed by atoms with van der Waals surface area (Å²) < 4.78 is 5.65. The fraction of sp³-hybridized carbons (Fsp3) is 0.333. The molecular formula is C15H16ClNO3S. The standard InChI is InChI=1S/C15H16ClNO3S/c1-9(2)14(15(18)19)21-8-13-17-7-12(20-13)10-3-5-11(16)6-4-10/h3-7,9,14H,8H2,1-2H3,(H,18,19). The molecule has 0 radical (unpaired) electrons. The Balaban J connectivity index is 2.03. The molecule has 1 aromatic carbocycles. The third kappa shape index (κ3) is 4.25. The van der Waals surface area contributed by atoms with Gasteiger partial charge in [0, 0.05) is 10.6 Å². The first-order valence-corrected chi connectivity index (χ1v) is 7.95. The predicted molar refractivity (Wildman–Crippen MR) is 84.5 cm³/mol. The van der Waals surface area contributed by atoms with Gasteiger partial charge in [0.05, 0.1) is 11.9 Å². The van der Waals surface area contributed by atoms with E-state index in [0.29, 0.717) is 22.4 Å². The smallest absolute Gasteiger partial charge is 0.316 e. The molecule has 2 rings (SSSR count). The second-order valence-electron chi connectivity index (χ2n) is 4.94. The van der Waals surface area contributed by atoms with E-state index in [1.807, 2.05) is 26.0 Å². The van der Waals surface area contributed by atoms with Crippen LogP contribution in [0.3, 0.4) is 0 Å². The number of rotatable bonds is 6. The second-order valence-corrected chi connectivity index (χ2v) is 6.51. The fourth-order valence-electron chi connectivity index (χ4n) is 1.83. The minimum Gasteiger partial charge on any atom is -0.480 e. The first-order valence-electron chi connectivity index (χ1n) is 6.52. The largest absolute Gasteiger partial charge is 0.480 e. The molecule has 2 aromatic rings. The molecule has 6 heteroatoms. The summed E-state index contributed by atoms with van der Waals surface area (Å²) in [6.07, 6.45) is 1.64. The van der Waals surface area contributed by atoms with E-state index in [1.54, 1.807) is 18.3 Å². The summed E-state index contributed by atoms with van der Waals surface area (Å²) in [5, 5.41) is 9.35. The van der Waals surface area contributed by atoms with Crippen LogP contribution in [0, 0.1) is 5.92 Å². The van der Waals surface area contributed by atoms with Crippen LogP contribution in [0.25, 0.3) is 11.3 Å². The van der Waals surface area contributed by atoms with Crippen molar-refractivity contribution in [3.05, 3.63) is 41.4 Å². The normalized spacial score (nSPS) is 12.6. The number of carboxylic acids is 1. The highest BCUT2D eigenvalue weighted by Crippen LogP contribution is 2.27. The van der Waals surface area contributed by atoms with Crippen molar-refractivity contribution in [3.63, 3.8) is 0 Å². The third-order valence-electron chi connectivity index (χ3n) is 2.92. The van der Waals surface area contributed by atoms with Gasteiger partial charge in [0.15, 0.2) is 5.76 Å². The number of nitrogens with zero attached hydrogens (tertiary/aromatic N) is 1. The van der Waals surface area contributed by atoms with Crippen LogP contribution in [0.15, 0.2) is 34.9 Å². The predicted octanol–water partition coefficient (Wildman–Crippen LogP) is 4.34. The molecule has 0 saturated carbocycles. The molecule has 0 aliphatic carbocycles. The number of carboxylic acid groups (broad SMARTS) is 1. The van der Waals surface area contributed by atoms with Gasteiger partial charge >= 0.3 is 5.97 Å². The van der Waals surface area contributed by atoms with Gasteiger partial charge in [-0.3, -0.25) is 4.79 Å². The van der Waals surface area contributed by atoms with E-state index >= 15 is 0 Å². The third-order valence-corrected chi connectivity index (χ3v) is 4.69. The highest BCUT2D eigenvalue weighted by molar-refractivity contribution is 7.99. The Kier molecular flexibility index (Phi) is 5.31. The summed E-state index contributed by atoms with van der Waals surface area (Å²) in [5.41, 5.74) is 0.891. The lowest BCUT2D eigenvalue weighted by Crippen LogP contribution is -2.22. The molecule has 0 saturated heterocycles. The Labute approximate surface area is 132 Å². The Morgan fingerprint density at radius 2 is 2.05 bits per heavy atom. The Hall–Kier alpha value is -1.46. The molecule has 1 atom stereocenters. The number of oxazole rings is 1. The average molecular weight is 326 g/mol. The summed E-state index contributed by atoms with van der Waals surface area (Å²) in [7, 11) is 0. The van der Waals surface area contributed by atoms with Crippen LogP contribution in [0.1, 0.15) is 19.7 Å². The van der Waals surface area contributed by atoms with Gasteiger partial charge in [-0.2, -0.15) is 0 Å². The van der Waals surface area contributed by atoms with Gasteiger partial charge in [-0.15, -0.1) is 11.8 Å². The van der Waals surface area contributed by atoms with E-state index in [2.05, 4.69) is 4.98 Å². The first-order chi connectivity index (χ1) is 9.97. The molecule has 0 spiro atoms. The van der Waals surface area contributed by atoms with Crippen LogP contribution in [0.2, 0.25) is 5.02 Å². The molecule has 1 heterocycles. The highest BCUT2D eigenvalue weighted by atomic mass is 35.5. The van der Waals surface area contributed by atoms with E-state index in [-0.39, 0.29) is 5.92 Å². The number of benzene rings is 1. The number of carbonyl (C=O) groups is 1. The van der Waals surface area contributed by atoms with Crippen molar-refractivity contribution >= 4 is 29.3 Å². The number of hydrogen-bond donors (Lipinski definition) is 1. The highest BCUT2D eigenvalue weighted by Gasteiger charge is 2.22. The van der Waals surface area contributed by atoms with Crippen molar-refractivity contribution in [3.8, 4) is 11.3 Å². The monoisotopic (exact) mass is 325 g/mol. The number of aliphatic carboxylic acids is 1. The summed E-state index contributed by atoms with van der Waals surface area (Å²) >= 11 is 7.17. The summed E-state index contributed by atoms with van der Waals surface area (Å²) in [5.74, 6) is 0.858. The van der Waals surface area contributed by atoms with E-state index < -0.39 is 11.2 Å². The van der Waals surface area contributed by atoms with Crippen LogP contribution >= 0.6 is 23.4 Å². The number of hydrogen-bond acceptors (Lipinski definition) is 4. The number of thioether (sulfide) groups is 1.